The molecule has 0 saturated heterocycles. The van der Waals surface area contributed by atoms with Crippen LogP contribution in [0.25, 0.3) is 22.2 Å². The van der Waals surface area contributed by atoms with Crippen molar-refractivity contribution in [2.24, 2.45) is 14.1 Å². The molecule has 2 atom stereocenters. The third kappa shape index (κ3) is 3.15. The van der Waals surface area contributed by atoms with E-state index in [1.54, 1.807) is 18.7 Å². The zero-order valence-electron chi connectivity index (χ0n) is 19.2. The molecule has 1 aliphatic heterocycles. The lowest BCUT2D eigenvalue weighted by Gasteiger charge is -2.33. The summed E-state index contributed by atoms with van der Waals surface area (Å²) in [6, 6.07) is 17.7. The summed E-state index contributed by atoms with van der Waals surface area (Å²) in [5.74, 6) is 0.726. The molecule has 0 spiro atoms. The fourth-order valence-electron chi connectivity index (χ4n) is 4.94. The second kappa shape index (κ2) is 8.08. The first-order valence-electron chi connectivity index (χ1n) is 11.1. The third-order valence-corrected chi connectivity index (χ3v) is 6.63. The van der Waals surface area contributed by atoms with E-state index in [1.807, 2.05) is 54.6 Å². The summed E-state index contributed by atoms with van der Waals surface area (Å²) >= 11 is 0. The fourth-order valence-corrected chi connectivity index (χ4v) is 4.94. The monoisotopic (exact) mass is 445 g/mol. The van der Waals surface area contributed by atoms with Gasteiger partial charge in [-0.25, -0.2) is 4.79 Å². The second-order valence-electron chi connectivity index (χ2n) is 8.45. The Kier molecular flexibility index (Phi) is 5.21. The molecule has 1 aliphatic rings. The number of fused-ring (bicyclic) bond motifs is 3. The van der Waals surface area contributed by atoms with Crippen LogP contribution in [0, 0.1) is 0 Å². The molecule has 7 nitrogen and oxygen atoms in total. The van der Waals surface area contributed by atoms with Gasteiger partial charge in [0.2, 0.25) is 0 Å². The van der Waals surface area contributed by atoms with Crippen molar-refractivity contribution in [3.05, 3.63) is 86.7 Å². The van der Waals surface area contributed by atoms with E-state index < -0.39 is 6.10 Å². The molecule has 0 N–H and O–H groups in total. The Morgan fingerprint density at radius 1 is 1.03 bits per heavy atom. The van der Waals surface area contributed by atoms with Crippen molar-refractivity contribution in [2.75, 3.05) is 13.7 Å². The number of hydrogen-bond donors (Lipinski definition) is 0. The molecule has 0 amide bonds. The largest absolute Gasteiger partial charge is 0.497 e. The lowest BCUT2D eigenvalue weighted by Crippen LogP contribution is -2.37. The molecular formula is C26H27N3O4. The molecule has 170 valence electrons. The smallest absolute Gasteiger partial charge is 0.331 e. The van der Waals surface area contributed by atoms with Crippen LogP contribution in [0.3, 0.4) is 0 Å². The van der Waals surface area contributed by atoms with Crippen LogP contribution in [0.1, 0.15) is 36.7 Å². The Balaban J connectivity index is 1.97. The van der Waals surface area contributed by atoms with Crippen molar-refractivity contribution < 1.29 is 9.47 Å². The number of aromatic nitrogens is 3. The van der Waals surface area contributed by atoms with E-state index in [1.165, 1.54) is 11.6 Å². The normalized spacial score (nSPS) is 17.8. The van der Waals surface area contributed by atoms with Gasteiger partial charge in [0.05, 0.1) is 42.0 Å². The predicted molar refractivity (Wildman–Crippen MR) is 128 cm³/mol. The second-order valence-corrected chi connectivity index (χ2v) is 8.45. The molecule has 0 fully saturated rings. The zero-order valence-corrected chi connectivity index (χ0v) is 19.2. The lowest BCUT2D eigenvalue weighted by atomic mass is 10.0. The average molecular weight is 446 g/mol. The van der Waals surface area contributed by atoms with Gasteiger partial charge < -0.3 is 14.0 Å². The average Bonchev–Trinajstić information content (AvgIpc) is 3.22. The topological polar surface area (TPSA) is 67.4 Å². The van der Waals surface area contributed by atoms with Crippen molar-refractivity contribution in [1.29, 1.82) is 0 Å². The highest BCUT2D eigenvalue weighted by molar-refractivity contribution is 5.96. The molecule has 2 aromatic heterocycles. The molecule has 0 unspecified atom stereocenters. The number of nitrogens with zero attached hydrogens (tertiary/aromatic N) is 3. The Bertz CT molecular complexity index is 1460. The minimum atomic E-state index is -0.444. The molecule has 0 radical (unpaired) electrons. The van der Waals surface area contributed by atoms with Crippen molar-refractivity contribution >= 4 is 10.9 Å². The molecule has 0 aliphatic carbocycles. The van der Waals surface area contributed by atoms with Crippen LogP contribution in [0.4, 0.5) is 0 Å². The van der Waals surface area contributed by atoms with E-state index >= 15 is 0 Å². The van der Waals surface area contributed by atoms with Gasteiger partial charge in [0.1, 0.15) is 11.9 Å². The number of rotatable bonds is 4. The maximum atomic E-state index is 13.5. The fraction of sp³-hybridized carbons (Fsp3) is 0.308. The van der Waals surface area contributed by atoms with E-state index in [2.05, 4.69) is 11.5 Å². The van der Waals surface area contributed by atoms with E-state index in [0.29, 0.717) is 17.5 Å². The third-order valence-electron chi connectivity index (χ3n) is 6.63. The predicted octanol–water partition coefficient (Wildman–Crippen LogP) is 3.79. The molecule has 33 heavy (non-hydrogen) atoms. The van der Waals surface area contributed by atoms with Crippen LogP contribution in [0.5, 0.6) is 5.75 Å². The minimum absolute atomic E-state index is 0.0317. The quantitative estimate of drug-likeness (QED) is 0.479. The molecule has 0 bridgehead atoms. The van der Waals surface area contributed by atoms with E-state index in [0.717, 1.165) is 34.7 Å². The van der Waals surface area contributed by atoms with E-state index in [-0.39, 0.29) is 17.3 Å². The maximum Gasteiger partial charge on any atom is 0.331 e. The Hall–Kier alpha value is -3.58. The van der Waals surface area contributed by atoms with Crippen LogP contribution in [-0.2, 0) is 18.8 Å². The van der Waals surface area contributed by atoms with Crippen LogP contribution >= 0.6 is 0 Å². The van der Waals surface area contributed by atoms with Gasteiger partial charge in [-0.1, -0.05) is 49.4 Å². The molecule has 4 aromatic rings. The summed E-state index contributed by atoms with van der Waals surface area (Å²) in [6.45, 7) is 2.61. The molecule has 3 heterocycles. The number of benzene rings is 2. The number of aryl methyl sites for hydroxylation is 1. The summed E-state index contributed by atoms with van der Waals surface area (Å²) in [4.78, 5) is 26.5. The van der Waals surface area contributed by atoms with Gasteiger partial charge in [-0.2, -0.15) is 0 Å². The Morgan fingerprint density at radius 3 is 2.48 bits per heavy atom. The molecule has 2 aromatic carbocycles. The van der Waals surface area contributed by atoms with Crippen molar-refractivity contribution in [2.45, 2.75) is 25.5 Å². The minimum Gasteiger partial charge on any atom is -0.497 e. The van der Waals surface area contributed by atoms with Gasteiger partial charge in [-0.3, -0.25) is 13.9 Å². The summed E-state index contributed by atoms with van der Waals surface area (Å²) in [6.07, 6.45) is 0.382. The summed E-state index contributed by atoms with van der Waals surface area (Å²) in [5.41, 5.74) is 3.48. The van der Waals surface area contributed by atoms with Gasteiger partial charge in [-0.05, 0) is 29.7 Å². The van der Waals surface area contributed by atoms with Gasteiger partial charge in [0.15, 0.2) is 0 Å². The number of hydrogen-bond acceptors (Lipinski definition) is 4. The Labute approximate surface area is 191 Å². The number of methoxy groups -OCH3 is 1. The lowest BCUT2D eigenvalue weighted by molar-refractivity contribution is 0.0237. The zero-order chi connectivity index (χ0) is 23.3. The van der Waals surface area contributed by atoms with E-state index in [9.17, 15) is 9.59 Å². The van der Waals surface area contributed by atoms with E-state index in [4.69, 9.17) is 9.47 Å². The highest BCUT2D eigenvalue weighted by Gasteiger charge is 2.36. The first-order chi connectivity index (χ1) is 16.0. The van der Waals surface area contributed by atoms with Gasteiger partial charge >= 0.3 is 5.69 Å². The Morgan fingerprint density at radius 2 is 1.79 bits per heavy atom. The molecule has 0 saturated carbocycles. The summed E-state index contributed by atoms with van der Waals surface area (Å²) < 4.78 is 16.8. The van der Waals surface area contributed by atoms with Crippen molar-refractivity contribution in [1.82, 2.24) is 13.7 Å². The molecular weight excluding hydrogens is 418 g/mol. The van der Waals surface area contributed by atoms with Gasteiger partial charge in [0.25, 0.3) is 5.56 Å². The molecule has 5 rings (SSSR count). The summed E-state index contributed by atoms with van der Waals surface area (Å²) in [5, 5.41) is 0.539. The highest BCUT2D eigenvalue weighted by atomic mass is 16.5. The van der Waals surface area contributed by atoms with Gasteiger partial charge in [-0.15, -0.1) is 0 Å². The first kappa shape index (κ1) is 21.3. The summed E-state index contributed by atoms with van der Waals surface area (Å²) in [7, 11) is 4.88. The van der Waals surface area contributed by atoms with Crippen LogP contribution in [-0.4, -0.2) is 27.4 Å². The van der Waals surface area contributed by atoms with Gasteiger partial charge in [0, 0.05) is 14.1 Å². The SMILES string of the molecule is CC[C@H]1CO[C@@H](c2cccc(OC)c2)c2c3c(c(-c4ccccc4)n21)c(=O)n(C)c(=O)n3C. The highest BCUT2D eigenvalue weighted by Crippen LogP contribution is 2.44. The first-order valence-corrected chi connectivity index (χ1v) is 11.1. The number of ether oxygens (including phenoxy) is 2. The van der Waals surface area contributed by atoms with Crippen LogP contribution < -0.4 is 16.0 Å². The van der Waals surface area contributed by atoms with Crippen LogP contribution in [0.15, 0.2) is 64.2 Å². The van der Waals surface area contributed by atoms with Crippen LogP contribution in [0.2, 0.25) is 0 Å². The maximum absolute atomic E-state index is 13.5. The standard InChI is InChI=1S/C26H27N3O4/c1-5-18-15-33-24(17-12-9-13-19(14-17)32-4)23-22-20(25(30)28(3)26(31)27(22)2)21(29(18)23)16-10-7-6-8-11-16/h6-14,18,24H,5,15H2,1-4H3/t18-,24-/m0/s1. The molecule has 7 heteroatoms. The van der Waals surface area contributed by atoms with Crippen molar-refractivity contribution in [3.63, 3.8) is 0 Å². The van der Waals surface area contributed by atoms with Crippen molar-refractivity contribution in [3.8, 4) is 17.0 Å².